The number of hydrogen-bond acceptors (Lipinski definition) is 3. The number of aliphatic imine (C=N–C) groups is 1. The van der Waals surface area contributed by atoms with E-state index in [0.717, 1.165) is 0 Å². The third-order valence-electron chi connectivity index (χ3n) is 3.91. The highest BCUT2D eigenvalue weighted by Gasteiger charge is 2.16. The molecule has 5 nitrogen and oxygen atoms in total. The first kappa shape index (κ1) is 21.4. The summed E-state index contributed by atoms with van der Waals surface area (Å²) in [7, 11) is 0. The van der Waals surface area contributed by atoms with Crippen LogP contribution in [0.25, 0.3) is 0 Å². The monoisotopic (exact) mass is 489 g/mol. The summed E-state index contributed by atoms with van der Waals surface area (Å²) in [5.74, 6) is 0.503. The Labute approximate surface area is 174 Å². The van der Waals surface area contributed by atoms with Crippen LogP contribution in [0.3, 0.4) is 0 Å². The van der Waals surface area contributed by atoms with Gasteiger partial charge in [0.25, 0.3) is 0 Å². The topological polar surface area (TPSA) is 54.9 Å². The highest BCUT2D eigenvalue weighted by Crippen LogP contribution is 2.29. The largest absolute Gasteiger partial charge is 0.467 e. The molecule has 3 rings (SSSR count). The highest BCUT2D eigenvalue weighted by molar-refractivity contribution is 14.0. The second kappa shape index (κ2) is 10.4. The summed E-state index contributed by atoms with van der Waals surface area (Å²) in [6.07, 6.45) is 0. The van der Waals surface area contributed by atoms with Crippen molar-refractivity contribution in [1.82, 2.24) is 10.6 Å². The van der Waals surface area contributed by atoms with Gasteiger partial charge in [0, 0.05) is 29.8 Å². The van der Waals surface area contributed by atoms with E-state index in [0.29, 0.717) is 48.1 Å². The van der Waals surface area contributed by atoms with Crippen LogP contribution in [-0.2, 0) is 24.4 Å². The van der Waals surface area contributed by atoms with E-state index in [9.17, 15) is 8.78 Å². The molecule has 2 aromatic rings. The SMILES string of the molecule is CCNC(=NCc1cc(F)cc2c1OCOC2)NCc1ccccc1F.I. The van der Waals surface area contributed by atoms with Crippen LogP contribution >= 0.6 is 24.0 Å². The van der Waals surface area contributed by atoms with Crippen molar-refractivity contribution in [2.75, 3.05) is 13.3 Å². The number of halogens is 3. The first-order valence-corrected chi connectivity index (χ1v) is 8.44. The number of hydrogen-bond donors (Lipinski definition) is 2. The van der Waals surface area contributed by atoms with Crippen LogP contribution in [0.4, 0.5) is 8.78 Å². The molecule has 0 saturated heterocycles. The zero-order chi connectivity index (χ0) is 18.4. The standard InChI is InChI=1S/C19H21F2N3O2.HI/c1-2-22-19(23-9-13-5-3-4-6-17(13)21)24-10-14-7-16(20)8-15-11-25-12-26-18(14)15;/h3-8H,2,9-12H2,1H3,(H2,22,23,24);1H. The number of fused-ring (bicyclic) bond motifs is 1. The molecule has 0 aliphatic carbocycles. The van der Waals surface area contributed by atoms with Gasteiger partial charge in [0.05, 0.1) is 13.2 Å². The van der Waals surface area contributed by atoms with Gasteiger partial charge in [0.1, 0.15) is 17.4 Å². The molecule has 8 heteroatoms. The van der Waals surface area contributed by atoms with Gasteiger partial charge in [-0.05, 0) is 25.1 Å². The Kier molecular flexibility index (Phi) is 8.23. The van der Waals surface area contributed by atoms with E-state index in [4.69, 9.17) is 9.47 Å². The maximum Gasteiger partial charge on any atom is 0.191 e. The van der Waals surface area contributed by atoms with Crippen molar-refractivity contribution in [1.29, 1.82) is 0 Å². The fraction of sp³-hybridized carbons (Fsp3) is 0.316. The van der Waals surface area contributed by atoms with Crippen LogP contribution < -0.4 is 15.4 Å². The lowest BCUT2D eigenvalue weighted by Gasteiger charge is -2.20. The van der Waals surface area contributed by atoms with E-state index in [1.165, 1.54) is 18.2 Å². The second-order valence-corrected chi connectivity index (χ2v) is 5.80. The van der Waals surface area contributed by atoms with E-state index in [1.54, 1.807) is 18.2 Å². The molecule has 1 heterocycles. The fourth-order valence-electron chi connectivity index (χ4n) is 2.70. The fourth-order valence-corrected chi connectivity index (χ4v) is 2.70. The van der Waals surface area contributed by atoms with Gasteiger partial charge in [0.2, 0.25) is 0 Å². The zero-order valence-corrected chi connectivity index (χ0v) is 17.3. The number of nitrogens with one attached hydrogen (secondary N) is 2. The van der Waals surface area contributed by atoms with Crippen molar-refractivity contribution in [3.05, 3.63) is 64.7 Å². The summed E-state index contributed by atoms with van der Waals surface area (Å²) >= 11 is 0. The molecule has 0 fully saturated rings. The third kappa shape index (κ3) is 5.77. The van der Waals surface area contributed by atoms with Gasteiger partial charge in [-0.3, -0.25) is 0 Å². The lowest BCUT2D eigenvalue weighted by molar-refractivity contribution is -0.0172. The first-order chi connectivity index (χ1) is 12.7. The minimum atomic E-state index is -0.354. The minimum absolute atomic E-state index is 0. The van der Waals surface area contributed by atoms with E-state index >= 15 is 0 Å². The molecule has 0 unspecified atom stereocenters. The van der Waals surface area contributed by atoms with Crippen LogP contribution in [0.15, 0.2) is 41.4 Å². The van der Waals surface area contributed by atoms with Crippen LogP contribution in [0.2, 0.25) is 0 Å². The summed E-state index contributed by atoms with van der Waals surface area (Å²) in [4.78, 5) is 4.46. The quantitative estimate of drug-likeness (QED) is 0.382. The number of ether oxygens (including phenoxy) is 2. The van der Waals surface area contributed by atoms with Crippen molar-refractivity contribution < 1.29 is 18.3 Å². The van der Waals surface area contributed by atoms with Crippen LogP contribution in [0.5, 0.6) is 5.75 Å². The smallest absolute Gasteiger partial charge is 0.191 e. The van der Waals surface area contributed by atoms with Gasteiger partial charge in [-0.15, -0.1) is 24.0 Å². The van der Waals surface area contributed by atoms with Gasteiger partial charge in [-0.1, -0.05) is 18.2 Å². The third-order valence-corrected chi connectivity index (χ3v) is 3.91. The van der Waals surface area contributed by atoms with E-state index in [2.05, 4.69) is 15.6 Å². The lowest BCUT2D eigenvalue weighted by Crippen LogP contribution is -2.37. The second-order valence-electron chi connectivity index (χ2n) is 5.80. The number of benzene rings is 2. The molecule has 2 N–H and O–H groups in total. The van der Waals surface area contributed by atoms with Crippen molar-refractivity contribution in [2.45, 2.75) is 26.6 Å². The van der Waals surface area contributed by atoms with Crippen molar-refractivity contribution >= 4 is 29.9 Å². The summed E-state index contributed by atoms with van der Waals surface area (Å²) in [6.45, 7) is 3.56. The molecule has 1 aliphatic rings. The molecular weight excluding hydrogens is 467 g/mol. The molecular formula is C19H22F2IN3O2. The average molecular weight is 489 g/mol. The molecule has 0 saturated carbocycles. The molecule has 0 radical (unpaired) electrons. The Balaban J connectivity index is 0.00000261. The predicted octanol–water partition coefficient (Wildman–Crippen LogP) is 3.70. The molecule has 0 amide bonds. The number of guanidine groups is 1. The van der Waals surface area contributed by atoms with Crippen LogP contribution in [-0.4, -0.2) is 19.3 Å². The lowest BCUT2D eigenvalue weighted by atomic mass is 10.1. The Hall–Kier alpha value is -1.94. The maximum absolute atomic E-state index is 13.8. The van der Waals surface area contributed by atoms with Gasteiger partial charge >= 0.3 is 0 Å². The summed E-state index contributed by atoms with van der Waals surface area (Å²) < 4.78 is 38.2. The maximum atomic E-state index is 13.8. The summed E-state index contributed by atoms with van der Waals surface area (Å²) in [6, 6.07) is 9.37. The van der Waals surface area contributed by atoms with Crippen molar-refractivity contribution in [2.24, 2.45) is 4.99 Å². The first-order valence-electron chi connectivity index (χ1n) is 8.44. The van der Waals surface area contributed by atoms with Gasteiger partial charge in [0.15, 0.2) is 12.8 Å². The summed E-state index contributed by atoms with van der Waals surface area (Å²) in [5, 5.41) is 6.18. The van der Waals surface area contributed by atoms with Crippen molar-refractivity contribution in [3.63, 3.8) is 0 Å². The number of nitrogens with zero attached hydrogens (tertiary/aromatic N) is 1. The Morgan fingerprint density at radius 3 is 2.74 bits per heavy atom. The Bertz CT molecular complexity index is 803. The Morgan fingerprint density at radius 2 is 1.96 bits per heavy atom. The van der Waals surface area contributed by atoms with E-state index in [-0.39, 0.29) is 48.9 Å². The molecule has 0 aromatic heterocycles. The minimum Gasteiger partial charge on any atom is -0.467 e. The molecule has 146 valence electrons. The van der Waals surface area contributed by atoms with Crippen LogP contribution in [0, 0.1) is 11.6 Å². The van der Waals surface area contributed by atoms with Gasteiger partial charge in [-0.25, -0.2) is 13.8 Å². The van der Waals surface area contributed by atoms with E-state index in [1.807, 2.05) is 6.92 Å². The number of rotatable bonds is 5. The summed E-state index contributed by atoms with van der Waals surface area (Å²) in [5.41, 5.74) is 1.86. The molecule has 27 heavy (non-hydrogen) atoms. The molecule has 1 aliphatic heterocycles. The predicted molar refractivity (Wildman–Crippen MR) is 110 cm³/mol. The van der Waals surface area contributed by atoms with Crippen molar-refractivity contribution in [3.8, 4) is 5.75 Å². The molecule has 2 aromatic carbocycles. The Morgan fingerprint density at radius 1 is 1.15 bits per heavy atom. The average Bonchev–Trinajstić information content (AvgIpc) is 2.64. The molecule has 0 atom stereocenters. The van der Waals surface area contributed by atoms with E-state index < -0.39 is 0 Å². The normalized spacial score (nSPS) is 13.2. The van der Waals surface area contributed by atoms with Gasteiger partial charge < -0.3 is 20.1 Å². The molecule has 0 bridgehead atoms. The highest BCUT2D eigenvalue weighted by atomic mass is 127. The van der Waals surface area contributed by atoms with Gasteiger partial charge in [-0.2, -0.15) is 0 Å². The van der Waals surface area contributed by atoms with Crippen LogP contribution in [0.1, 0.15) is 23.6 Å². The zero-order valence-electron chi connectivity index (χ0n) is 14.9. The molecule has 0 spiro atoms.